The number of guanidine groups is 2. The third kappa shape index (κ3) is 3.30. The van der Waals surface area contributed by atoms with Gasteiger partial charge in [-0.2, -0.15) is 0 Å². The van der Waals surface area contributed by atoms with Crippen molar-refractivity contribution in [2.75, 3.05) is 14.1 Å². The highest BCUT2D eigenvalue weighted by Gasteiger charge is 2.03. The van der Waals surface area contributed by atoms with Gasteiger partial charge in [0.2, 0.25) is 0 Å². The molecule has 0 aliphatic rings. The molecule has 0 unspecified atom stereocenters. The van der Waals surface area contributed by atoms with Gasteiger partial charge in [-0.25, -0.2) is 0 Å². The predicted molar refractivity (Wildman–Crippen MR) is 64.6 cm³/mol. The first kappa shape index (κ1) is 12.1. The average molecular weight is 222 g/mol. The third-order valence-electron chi connectivity index (χ3n) is 2.21. The van der Waals surface area contributed by atoms with Crippen molar-refractivity contribution in [1.82, 2.24) is 20.5 Å². The summed E-state index contributed by atoms with van der Waals surface area (Å²) < 4.78 is 0. The van der Waals surface area contributed by atoms with E-state index in [4.69, 9.17) is 10.8 Å². The van der Waals surface area contributed by atoms with Crippen LogP contribution in [-0.2, 0) is 6.54 Å². The summed E-state index contributed by atoms with van der Waals surface area (Å²) in [6.07, 6.45) is 1.87. The van der Waals surface area contributed by atoms with Crippen molar-refractivity contribution in [2.24, 2.45) is 0 Å². The van der Waals surface area contributed by atoms with E-state index in [0.717, 1.165) is 11.3 Å². The van der Waals surface area contributed by atoms with Gasteiger partial charge in [0.25, 0.3) is 0 Å². The number of hydrogen-bond donors (Lipinski definition) is 5. The number of aromatic nitrogens is 1. The Morgan fingerprint density at radius 2 is 2.12 bits per heavy atom. The van der Waals surface area contributed by atoms with Gasteiger partial charge in [0, 0.05) is 32.5 Å². The third-order valence-corrected chi connectivity index (χ3v) is 2.21. The Balaban J connectivity index is 2.36. The molecule has 16 heavy (non-hydrogen) atoms. The first-order valence-corrected chi connectivity index (χ1v) is 4.99. The Morgan fingerprint density at radius 3 is 2.62 bits per heavy atom. The molecule has 0 atom stereocenters. The van der Waals surface area contributed by atoms with Crippen LogP contribution in [0, 0.1) is 17.7 Å². The molecule has 0 amide bonds. The van der Waals surface area contributed by atoms with Crippen LogP contribution in [0.2, 0.25) is 0 Å². The normalized spacial score (nSPS) is 9.69. The maximum absolute atomic E-state index is 7.59. The molecular formula is C10H18N6. The Labute approximate surface area is 95.1 Å². The summed E-state index contributed by atoms with van der Waals surface area (Å²) in [6.45, 7) is 2.55. The molecule has 0 spiro atoms. The van der Waals surface area contributed by atoms with Gasteiger partial charge in [0.15, 0.2) is 11.9 Å². The molecule has 0 saturated carbocycles. The Morgan fingerprint density at radius 1 is 1.44 bits per heavy atom. The van der Waals surface area contributed by atoms with Crippen LogP contribution in [0.15, 0.2) is 12.3 Å². The van der Waals surface area contributed by atoms with E-state index >= 15 is 0 Å². The van der Waals surface area contributed by atoms with Crippen LogP contribution in [0.4, 0.5) is 0 Å². The van der Waals surface area contributed by atoms with Crippen molar-refractivity contribution in [3.8, 4) is 0 Å². The summed E-state index contributed by atoms with van der Waals surface area (Å²) in [6, 6.07) is 1.97. The van der Waals surface area contributed by atoms with Gasteiger partial charge < -0.3 is 15.2 Å². The average Bonchev–Trinajstić information content (AvgIpc) is 2.61. The van der Waals surface area contributed by atoms with Crippen molar-refractivity contribution in [3.05, 3.63) is 23.5 Å². The summed E-state index contributed by atoms with van der Waals surface area (Å²) in [5.41, 5.74) is 2.20. The zero-order valence-electron chi connectivity index (χ0n) is 9.81. The maximum Gasteiger partial charge on any atom is 0.197 e. The molecule has 1 rings (SSSR count). The summed E-state index contributed by atoms with van der Waals surface area (Å²) in [7, 11) is 3.50. The van der Waals surface area contributed by atoms with E-state index < -0.39 is 0 Å². The number of rotatable bonds is 2. The lowest BCUT2D eigenvalue weighted by Gasteiger charge is -2.16. The number of nitrogens with one attached hydrogen (secondary N) is 5. The molecule has 6 heteroatoms. The summed E-state index contributed by atoms with van der Waals surface area (Å²) in [5, 5.41) is 20.6. The van der Waals surface area contributed by atoms with E-state index in [1.807, 2.05) is 19.2 Å². The largest absolute Gasteiger partial charge is 0.365 e. The highest BCUT2D eigenvalue weighted by molar-refractivity contribution is 5.95. The molecule has 1 heterocycles. The zero-order chi connectivity index (χ0) is 12.1. The predicted octanol–water partition coefficient (Wildman–Crippen LogP) is 0.433. The zero-order valence-corrected chi connectivity index (χ0v) is 9.81. The summed E-state index contributed by atoms with van der Waals surface area (Å²) in [5.74, 6) is 0.308. The van der Waals surface area contributed by atoms with Crippen LogP contribution < -0.4 is 10.6 Å². The van der Waals surface area contributed by atoms with Gasteiger partial charge in [0.05, 0.1) is 0 Å². The van der Waals surface area contributed by atoms with Gasteiger partial charge in [-0.1, -0.05) is 0 Å². The second kappa shape index (κ2) is 5.20. The molecule has 0 bridgehead atoms. The van der Waals surface area contributed by atoms with Crippen molar-refractivity contribution in [3.63, 3.8) is 0 Å². The number of H-pyrrole nitrogens is 1. The van der Waals surface area contributed by atoms with Crippen LogP contribution in [0.5, 0.6) is 0 Å². The molecule has 0 fully saturated rings. The Bertz CT molecular complexity index is 378. The van der Waals surface area contributed by atoms with E-state index in [9.17, 15) is 0 Å². The molecule has 5 N–H and O–H groups in total. The topological polar surface area (TPSA) is 90.8 Å². The number of aromatic amines is 1. The lowest BCUT2D eigenvalue weighted by Crippen LogP contribution is -2.45. The molecule has 1 aromatic heterocycles. The Hall–Kier alpha value is -1.98. The standard InChI is InChI=1S/C10H18N6/c1-7-8(4-5-13-7)6-14-9(11)15-10(12)16(2)3/h4-5,13H,6H2,1-3H3,(H4,11,12,14,15). The van der Waals surface area contributed by atoms with E-state index in [1.165, 1.54) is 0 Å². The number of hydrogen-bond acceptors (Lipinski definition) is 2. The van der Waals surface area contributed by atoms with Crippen LogP contribution in [0.3, 0.4) is 0 Å². The van der Waals surface area contributed by atoms with E-state index in [1.54, 1.807) is 19.0 Å². The fourth-order valence-corrected chi connectivity index (χ4v) is 1.13. The van der Waals surface area contributed by atoms with Gasteiger partial charge in [-0.05, 0) is 18.6 Å². The summed E-state index contributed by atoms with van der Waals surface area (Å²) >= 11 is 0. The van der Waals surface area contributed by atoms with Crippen molar-refractivity contribution in [2.45, 2.75) is 13.5 Å². The van der Waals surface area contributed by atoms with Crippen LogP contribution >= 0.6 is 0 Å². The molecular weight excluding hydrogens is 204 g/mol. The molecule has 0 radical (unpaired) electrons. The Kier molecular flexibility index (Phi) is 3.93. The number of aryl methyl sites for hydroxylation is 1. The second-order valence-corrected chi connectivity index (χ2v) is 3.72. The minimum atomic E-state index is 0.124. The van der Waals surface area contributed by atoms with Gasteiger partial charge in [-0.15, -0.1) is 0 Å². The smallest absolute Gasteiger partial charge is 0.197 e. The molecule has 88 valence electrons. The highest BCUT2D eigenvalue weighted by Crippen LogP contribution is 2.03. The molecule has 6 nitrogen and oxygen atoms in total. The quantitative estimate of drug-likeness (QED) is 0.371. The maximum atomic E-state index is 7.59. The minimum absolute atomic E-state index is 0.124. The monoisotopic (exact) mass is 222 g/mol. The van der Waals surface area contributed by atoms with Gasteiger partial charge in [-0.3, -0.25) is 16.1 Å². The first-order valence-electron chi connectivity index (χ1n) is 4.99. The fraction of sp³-hybridized carbons (Fsp3) is 0.400. The van der Waals surface area contributed by atoms with Crippen LogP contribution in [0.25, 0.3) is 0 Å². The van der Waals surface area contributed by atoms with Crippen LogP contribution in [-0.4, -0.2) is 35.9 Å². The molecule has 0 aliphatic carbocycles. The van der Waals surface area contributed by atoms with E-state index in [2.05, 4.69) is 15.6 Å². The fourth-order valence-electron chi connectivity index (χ4n) is 1.13. The van der Waals surface area contributed by atoms with Gasteiger partial charge in [0.1, 0.15) is 0 Å². The van der Waals surface area contributed by atoms with Crippen molar-refractivity contribution < 1.29 is 0 Å². The molecule has 0 aromatic carbocycles. The van der Waals surface area contributed by atoms with Gasteiger partial charge >= 0.3 is 0 Å². The minimum Gasteiger partial charge on any atom is -0.365 e. The highest BCUT2D eigenvalue weighted by atomic mass is 15.3. The lowest BCUT2D eigenvalue weighted by molar-refractivity contribution is 0.597. The SMILES string of the molecule is Cc1[nH]ccc1CNC(=N)NC(=N)N(C)C. The molecule has 0 aliphatic heterocycles. The lowest BCUT2D eigenvalue weighted by atomic mass is 10.2. The molecule has 1 aromatic rings. The first-order chi connectivity index (χ1) is 7.50. The number of nitrogens with zero attached hydrogens (tertiary/aromatic N) is 1. The van der Waals surface area contributed by atoms with E-state index in [-0.39, 0.29) is 11.9 Å². The molecule has 0 saturated heterocycles. The van der Waals surface area contributed by atoms with Crippen molar-refractivity contribution in [1.29, 1.82) is 10.8 Å². The van der Waals surface area contributed by atoms with Crippen LogP contribution in [0.1, 0.15) is 11.3 Å². The van der Waals surface area contributed by atoms with E-state index in [0.29, 0.717) is 6.54 Å². The van der Waals surface area contributed by atoms with Crippen molar-refractivity contribution >= 4 is 11.9 Å². The summed E-state index contributed by atoms with van der Waals surface area (Å²) in [4.78, 5) is 4.66. The second-order valence-electron chi connectivity index (χ2n) is 3.72.